The highest BCUT2D eigenvalue weighted by atomic mass is 16.5. The van der Waals surface area contributed by atoms with E-state index in [1.807, 2.05) is 0 Å². The molecule has 1 aromatic rings. The van der Waals surface area contributed by atoms with Gasteiger partial charge in [-0.2, -0.15) is 5.10 Å². The predicted octanol–water partition coefficient (Wildman–Crippen LogP) is 2.25. The molecule has 5 heteroatoms. The number of nitrogen functional groups attached to an aromatic ring is 1. The zero-order valence-corrected chi connectivity index (χ0v) is 11.8. The lowest BCUT2D eigenvalue weighted by Gasteiger charge is -2.56. The number of rotatable bonds is 2. The van der Waals surface area contributed by atoms with Crippen LogP contribution in [0.15, 0.2) is 0 Å². The summed E-state index contributed by atoms with van der Waals surface area (Å²) < 4.78 is 4.89. The van der Waals surface area contributed by atoms with Crippen molar-refractivity contribution in [1.29, 1.82) is 0 Å². The molecule has 0 aromatic carbocycles. The Kier molecular flexibility index (Phi) is 2.44. The lowest BCUT2D eigenvalue weighted by molar-refractivity contribution is -0.00557. The Bertz CT molecular complexity index is 528. The Hall–Kier alpha value is -1.52. The van der Waals surface area contributed by atoms with Gasteiger partial charge in [-0.25, -0.2) is 4.79 Å². The number of aromatic nitrogens is 2. The monoisotopic (exact) mass is 275 g/mol. The lowest BCUT2D eigenvalue weighted by Crippen LogP contribution is -2.49. The summed E-state index contributed by atoms with van der Waals surface area (Å²) in [6.45, 7) is 0. The van der Waals surface area contributed by atoms with Gasteiger partial charge < -0.3 is 10.5 Å². The maximum absolute atomic E-state index is 12.0. The maximum Gasteiger partial charge on any atom is 0.356 e. The van der Waals surface area contributed by atoms with E-state index < -0.39 is 0 Å². The fraction of sp³-hybridized carbons (Fsp3) is 0.733. The van der Waals surface area contributed by atoms with Crippen LogP contribution < -0.4 is 5.73 Å². The molecule has 0 atom stereocenters. The van der Waals surface area contributed by atoms with Crippen molar-refractivity contribution in [1.82, 2.24) is 10.2 Å². The number of carbonyl (C=O) groups is 1. The maximum atomic E-state index is 12.0. The Morgan fingerprint density at radius 2 is 1.80 bits per heavy atom. The molecule has 0 amide bonds. The summed E-state index contributed by atoms with van der Waals surface area (Å²) >= 11 is 0. The number of hydrogen-bond acceptors (Lipinski definition) is 4. The topological polar surface area (TPSA) is 81.0 Å². The van der Waals surface area contributed by atoms with Crippen molar-refractivity contribution >= 4 is 11.8 Å². The van der Waals surface area contributed by atoms with Gasteiger partial charge in [-0.3, -0.25) is 5.10 Å². The second-order valence-electron chi connectivity index (χ2n) is 7.05. The Morgan fingerprint density at radius 1 is 1.25 bits per heavy atom. The second kappa shape index (κ2) is 3.99. The number of carbonyl (C=O) groups excluding carboxylic acids is 1. The van der Waals surface area contributed by atoms with Crippen molar-refractivity contribution in [2.24, 2.45) is 17.8 Å². The number of H-pyrrole nitrogens is 1. The van der Waals surface area contributed by atoms with Crippen molar-refractivity contribution in [2.75, 3.05) is 12.8 Å². The average molecular weight is 275 g/mol. The Labute approximate surface area is 118 Å². The number of aromatic amines is 1. The van der Waals surface area contributed by atoms with E-state index >= 15 is 0 Å². The molecule has 3 N–H and O–H groups in total. The van der Waals surface area contributed by atoms with Gasteiger partial charge in [-0.1, -0.05) is 0 Å². The molecule has 0 spiro atoms. The minimum absolute atomic E-state index is 0.0648. The summed E-state index contributed by atoms with van der Waals surface area (Å²) in [5.41, 5.74) is 7.60. The number of ether oxygens (including phenoxy) is 1. The number of esters is 1. The van der Waals surface area contributed by atoms with Crippen LogP contribution >= 0.6 is 0 Å². The molecule has 0 unspecified atom stereocenters. The molecule has 4 fully saturated rings. The summed E-state index contributed by atoms with van der Waals surface area (Å²) in [5.74, 6) is 2.57. The highest BCUT2D eigenvalue weighted by Crippen LogP contribution is 2.61. The van der Waals surface area contributed by atoms with E-state index in [1.165, 1.54) is 26.4 Å². The molecule has 4 bridgehead atoms. The zero-order valence-electron chi connectivity index (χ0n) is 11.8. The third-order valence-electron chi connectivity index (χ3n) is 5.75. The molecule has 1 heterocycles. The van der Waals surface area contributed by atoms with Crippen LogP contribution in [0.1, 0.15) is 54.6 Å². The zero-order chi connectivity index (χ0) is 13.9. The number of hydrogen-bond donors (Lipinski definition) is 2. The first kappa shape index (κ1) is 12.2. The van der Waals surface area contributed by atoms with E-state index in [9.17, 15) is 4.79 Å². The molecule has 4 aliphatic rings. The first-order valence-corrected chi connectivity index (χ1v) is 7.54. The predicted molar refractivity (Wildman–Crippen MR) is 74.2 cm³/mol. The molecule has 4 saturated carbocycles. The molecule has 0 aliphatic heterocycles. The first-order valence-electron chi connectivity index (χ1n) is 7.54. The van der Waals surface area contributed by atoms with Crippen LogP contribution in [0.5, 0.6) is 0 Å². The normalized spacial score (nSPS) is 38.1. The molecule has 5 rings (SSSR count). The highest BCUT2D eigenvalue weighted by Gasteiger charge is 2.54. The smallest absolute Gasteiger partial charge is 0.356 e. The minimum Gasteiger partial charge on any atom is -0.464 e. The molecule has 108 valence electrons. The van der Waals surface area contributed by atoms with Crippen molar-refractivity contribution in [3.05, 3.63) is 11.3 Å². The van der Waals surface area contributed by atoms with Crippen LogP contribution in [0, 0.1) is 17.8 Å². The van der Waals surface area contributed by atoms with Crippen molar-refractivity contribution in [3.8, 4) is 0 Å². The van der Waals surface area contributed by atoms with Crippen molar-refractivity contribution < 1.29 is 9.53 Å². The standard InChI is InChI=1S/C15H21N3O2/c1-20-14(19)12-11(13(16)18-17-12)15-5-8-2-9(6-15)4-10(3-8)7-15/h8-10H,2-7H2,1H3,(H3,16,17,18). The summed E-state index contributed by atoms with van der Waals surface area (Å²) in [7, 11) is 1.41. The summed E-state index contributed by atoms with van der Waals surface area (Å²) in [6, 6.07) is 0. The van der Waals surface area contributed by atoms with Gasteiger partial charge in [0.15, 0.2) is 0 Å². The fourth-order valence-corrected chi connectivity index (χ4v) is 5.56. The van der Waals surface area contributed by atoms with E-state index in [0.29, 0.717) is 11.5 Å². The molecule has 20 heavy (non-hydrogen) atoms. The number of nitrogens with two attached hydrogens (primary N) is 1. The van der Waals surface area contributed by atoms with Crippen molar-refractivity contribution in [3.63, 3.8) is 0 Å². The number of nitrogens with zero attached hydrogens (tertiary/aromatic N) is 1. The molecule has 4 aliphatic carbocycles. The summed E-state index contributed by atoms with van der Waals surface area (Å²) in [4.78, 5) is 12.0. The second-order valence-corrected chi connectivity index (χ2v) is 7.05. The van der Waals surface area contributed by atoms with Crippen molar-refractivity contribution in [2.45, 2.75) is 43.9 Å². The van der Waals surface area contributed by atoms with E-state index in [-0.39, 0.29) is 11.4 Å². The third kappa shape index (κ3) is 1.55. The van der Waals surface area contributed by atoms with E-state index in [0.717, 1.165) is 42.6 Å². The van der Waals surface area contributed by atoms with Gasteiger partial charge in [0, 0.05) is 11.0 Å². The van der Waals surface area contributed by atoms with Gasteiger partial charge in [-0.05, 0) is 56.3 Å². The van der Waals surface area contributed by atoms with Gasteiger partial charge in [0.1, 0.15) is 11.5 Å². The van der Waals surface area contributed by atoms with Gasteiger partial charge in [0.05, 0.1) is 7.11 Å². The SMILES string of the molecule is COC(=O)c1[nH]nc(N)c1C12CC3CC(CC(C3)C1)C2. The Morgan fingerprint density at radius 3 is 2.30 bits per heavy atom. The molecule has 0 radical (unpaired) electrons. The molecule has 0 saturated heterocycles. The molecular weight excluding hydrogens is 254 g/mol. The average Bonchev–Trinajstić information content (AvgIpc) is 2.79. The number of methoxy groups -OCH3 is 1. The summed E-state index contributed by atoms with van der Waals surface area (Å²) in [6.07, 6.45) is 7.58. The lowest BCUT2D eigenvalue weighted by atomic mass is 9.48. The van der Waals surface area contributed by atoms with Gasteiger partial charge in [0.25, 0.3) is 0 Å². The van der Waals surface area contributed by atoms with E-state index in [4.69, 9.17) is 10.5 Å². The first-order chi connectivity index (χ1) is 9.61. The largest absolute Gasteiger partial charge is 0.464 e. The van der Waals surface area contributed by atoms with E-state index in [2.05, 4.69) is 10.2 Å². The van der Waals surface area contributed by atoms with E-state index in [1.54, 1.807) is 0 Å². The van der Waals surface area contributed by atoms with Crippen LogP contribution in [0.4, 0.5) is 5.82 Å². The molecule has 5 nitrogen and oxygen atoms in total. The fourth-order valence-electron chi connectivity index (χ4n) is 5.56. The van der Waals surface area contributed by atoms with Gasteiger partial charge >= 0.3 is 5.97 Å². The van der Waals surface area contributed by atoms with Gasteiger partial charge in [0.2, 0.25) is 0 Å². The molecule has 1 aromatic heterocycles. The van der Waals surface area contributed by atoms with Crippen LogP contribution in [0.3, 0.4) is 0 Å². The quantitative estimate of drug-likeness (QED) is 0.811. The highest BCUT2D eigenvalue weighted by molar-refractivity contribution is 5.90. The van der Waals surface area contributed by atoms with Crippen LogP contribution in [0.2, 0.25) is 0 Å². The minimum atomic E-state index is -0.347. The Balaban J connectivity index is 1.81. The number of anilines is 1. The molecular formula is C15H21N3O2. The van der Waals surface area contributed by atoms with Crippen LogP contribution in [0.25, 0.3) is 0 Å². The van der Waals surface area contributed by atoms with Crippen LogP contribution in [-0.4, -0.2) is 23.3 Å². The van der Waals surface area contributed by atoms with Crippen LogP contribution in [-0.2, 0) is 10.2 Å². The number of nitrogens with one attached hydrogen (secondary N) is 1. The third-order valence-corrected chi connectivity index (χ3v) is 5.75. The van der Waals surface area contributed by atoms with Gasteiger partial charge in [-0.15, -0.1) is 0 Å². The summed E-state index contributed by atoms with van der Waals surface area (Å²) in [5, 5.41) is 6.89.